The van der Waals surface area contributed by atoms with E-state index in [-0.39, 0.29) is 0 Å². The summed E-state index contributed by atoms with van der Waals surface area (Å²) in [7, 11) is 0. The van der Waals surface area contributed by atoms with Gasteiger partial charge in [-0.15, -0.1) is 0 Å². The molecule has 0 saturated carbocycles. The van der Waals surface area contributed by atoms with Gasteiger partial charge < -0.3 is 0 Å². The van der Waals surface area contributed by atoms with Gasteiger partial charge in [0.25, 0.3) is 0 Å². The van der Waals surface area contributed by atoms with Crippen molar-refractivity contribution in [1.82, 2.24) is 0 Å². The van der Waals surface area contributed by atoms with E-state index in [9.17, 15) is 0 Å². The number of benzene rings is 2. The van der Waals surface area contributed by atoms with Crippen LogP contribution in [0.3, 0.4) is 0 Å². The van der Waals surface area contributed by atoms with Crippen LogP contribution in [0.2, 0.25) is 0 Å². The minimum absolute atomic E-state index is 0.630. The summed E-state index contributed by atoms with van der Waals surface area (Å²) in [6, 6.07) is 17.9. The van der Waals surface area contributed by atoms with E-state index in [4.69, 9.17) is 0 Å². The van der Waals surface area contributed by atoms with Crippen LogP contribution in [-0.2, 0) is 6.42 Å². The Labute approximate surface area is 167 Å². The molecule has 0 spiro atoms. The molecular weight excluding hydrogens is 324 g/mol. The van der Waals surface area contributed by atoms with Gasteiger partial charge in [-0.3, -0.25) is 0 Å². The van der Waals surface area contributed by atoms with Crippen LogP contribution >= 0.6 is 0 Å². The maximum atomic E-state index is 4.45. The summed E-state index contributed by atoms with van der Waals surface area (Å²) in [5.41, 5.74) is 6.81. The molecule has 27 heavy (non-hydrogen) atoms. The van der Waals surface area contributed by atoms with Crippen LogP contribution < -0.4 is 0 Å². The van der Waals surface area contributed by atoms with Gasteiger partial charge in [0.15, 0.2) is 0 Å². The maximum absolute atomic E-state index is 4.45. The zero-order chi connectivity index (χ0) is 19.6. The predicted molar refractivity (Wildman–Crippen MR) is 121 cm³/mol. The fourth-order valence-electron chi connectivity index (χ4n) is 3.96. The average molecular weight is 363 g/mol. The summed E-state index contributed by atoms with van der Waals surface area (Å²) < 4.78 is 0. The van der Waals surface area contributed by atoms with Crippen molar-refractivity contribution in [3.8, 4) is 0 Å². The number of hydrogen-bond donors (Lipinski definition) is 0. The van der Waals surface area contributed by atoms with Crippen molar-refractivity contribution in [2.24, 2.45) is 11.8 Å². The lowest BCUT2D eigenvalue weighted by Crippen LogP contribution is -2.04. The average Bonchev–Trinajstić information content (AvgIpc) is 2.66. The SMILES string of the molecule is C=C(c1ccc(C)cc1)C(CCC)CCCCC(C)Cc1ccc(C)cc1. The molecule has 0 fully saturated rings. The number of aryl methyl sites for hydroxylation is 2. The maximum Gasteiger partial charge on any atom is -0.0162 e. The Morgan fingerprint density at radius 2 is 1.37 bits per heavy atom. The summed E-state index contributed by atoms with van der Waals surface area (Å²) >= 11 is 0. The molecule has 0 amide bonds. The van der Waals surface area contributed by atoms with E-state index in [1.807, 2.05) is 0 Å². The van der Waals surface area contributed by atoms with Crippen molar-refractivity contribution >= 4 is 5.57 Å². The van der Waals surface area contributed by atoms with Gasteiger partial charge in [0.2, 0.25) is 0 Å². The minimum atomic E-state index is 0.630. The van der Waals surface area contributed by atoms with Crippen molar-refractivity contribution in [2.45, 2.75) is 72.6 Å². The third-order valence-electron chi connectivity index (χ3n) is 5.76. The largest absolute Gasteiger partial charge is 0.0950 e. The summed E-state index contributed by atoms with van der Waals surface area (Å²) in [6.45, 7) is 13.4. The molecule has 0 N–H and O–H groups in total. The van der Waals surface area contributed by atoms with Crippen LogP contribution in [0.15, 0.2) is 55.1 Å². The lowest BCUT2D eigenvalue weighted by Gasteiger charge is -2.20. The molecule has 2 rings (SSSR count). The van der Waals surface area contributed by atoms with Gasteiger partial charge in [0.05, 0.1) is 0 Å². The van der Waals surface area contributed by atoms with Gasteiger partial charge in [0, 0.05) is 0 Å². The molecule has 0 heterocycles. The molecule has 0 aliphatic carbocycles. The van der Waals surface area contributed by atoms with E-state index in [2.05, 4.69) is 82.8 Å². The first-order valence-corrected chi connectivity index (χ1v) is 10.8. The molecule has 0 radical (unpaired) electrons. The van der Waals surface area contributed by atoms with E-state index < -0.39 is 0 Å². The van der Waals surface area contributed by atoms with Crippen LogP contribution in [0.4, 0.5) is 0 Å². The monoisotopic (exact) mass is 362 g/mol. The van der Waals surface area contributed by atoms with Gasteiger partial charge in [-0.1, -0.05) is 106 Å². The molecular formula is C27H38. The Morgan fingerprint density at radius 1 is 0.815 bits per heavy atom. The second kappa shape index (κ2) is 11.1. The zero-order valence-corrected chi connectivity index (χ0v) is 17.9. The number of rotatable bonds is 11. The zero-order valence-electron chi connectivity index (χ0n) is 17.9. The van der Waals surface area contributed by atoms with Gasteiger partial charge in [-0.2, -0.15) is 0 Å². The number of allylic oxidation sites excluding steroid dienone is 1. The molecule has 0 saturated heterocycles. The molecule has 2 aromatic carbocycles. The molecule has 2 atom stereocenters. The van der Waals surface area contributed by atoms with Crippen LogP contribution in [0.1, 0.15) is 74.6 Å². The van der Waals surface area contributed by atoms with Crippen molar-refractivity contribution in [2.75, 3.05) is 0 Å². The quantitative estimate of drug-likeness (QED) is 0.354. The Kier molecular flexibility index (Phi) is 8.85. The summed E-state index contributed by atoms with van der Waals surface area (Å²) in [6.07, 6.45) is 8.93. The normalized spacial score (nSPS) is 13.3. The molecule has 2 unspecified atom stereocenters. The second-order valence-corrected chi connectivity index (χ2v) is 8.46. The van der Waals surface area contributed by atoms with Crippen LogP contribution in [-0.4, -0.2) is 0 Å². The van der Waals surface area contributed by atoms with E-state index >= 15 is 0 Å². The predicted octanol–water partition coefficient (Wildman–Crippen LogP) is 8.17. The Hall–Kier alpha value is -1.82. The van der Waals surface area contributed by atoms with Gasteiger partial charge >= 0.3 is 0 Å². The Morgan fingerprint density at radius 3 is 1.96 bits per heavy atom. The lowest BCUT2D eigenvalue weighted by atomic mass is 9.85. The van der Waals surface area contributed by atoms with Crippen molar-refractivity contribution in [1.29, 1.82) is 0 Å². The molecule has 2 aromatic rings. The van der Waals surface area contributed by atoms with Gasteiger partial charge in [-0.05, 0) is 61.6 Å². The molecule has 146 valence electrons. The fourth-order valence-corrected chi connectivity index (χ4v) is 3.96. The van der Waals surface area contributed by atoms with Gasteiger partial charge in [-0.25, -0.2) is 0 Å². The Balaban J connectivity index is 1.77. The number of hydrogen-bond acceptors (Lipinski definition) is 0. The molecule has 0 aromatic heterocycles. The highest BCUT2D eigenvalue weighted by Crippen LogP contribution is 2.30. The van der Waals surface area contributed by atoms with Crippen LogP contribution in [0.5, 0.6) is 0 Å². The first-order valence-electron chi connectivity index (χ1n) is 10.8. The number of unbranched alkanes of at least 4 members (excludes halogenated alkanes) is 1. The van der Waals surface area contributed by atoms with Crippen molar-refractivity contribution < 1.29 is 0 Å². The molecule has 0 aliphatic rings. The van der Waals surface area contributed by atoms with E-state index in [1.165, 1.54) is 72.8 Å². The van der Waals surface area contributed by atoms with Crippen molar-refractivity contribution in [3.63, 3.8) is 0 Å². The second-order valence-electron chi connectivity index (χ2n) is 8.46. The highest BCUT2D eigenvalue weighted by Gasteiger charge is 2.14. The van der Waals surface area contributed by atoms with Crippen LogP contribution in [0.25, 0.3) is 5.57 Å². The molecule has 0 bridgehead atoms. The minimum Gasteiger partial charge on any atom is -0.0950 e. The van der Waals surface area contributed by atoms with Crippen molar-refractivity contribution in [3.05, 3.63) is 77.4 Å². The third-order valence-corrected chi connectivity index (χ3v) is 5.76. The third kappa shape index (κ3) is 7.37. The first kappa shape index (κ1) is 21.5. The summed E-state index contributed by atoms with van der Waals surface area (Å²) in [5, 5.41) is 0. The first-order chi connectivity index (χ1) is 13.0. The fraction of sp³-hybridized carbons (Fsp3) is 0.481. The Bertz CT molecular complexity index is 675. The van der Waals surface area contributed by atoms with E-state index in [0.717, 1.165) is 5.92 Å². The van der Waals surface area contributed by atoms with Crippen LogP contribution in [0, 0.1) is 25.7 Å². The molecule has 0 nitrogen and oxygen atoms in total. The smallest absolute Gasteiger partial charge is 0.0162 e. The lowest BCUT2D eigenvalue weighted by molar-refractivity contribution is 0.457. The van der Waals surface area contributed by atoms with Gasteiger partial charge in [0.1, 0.15) is 0 Å². The summed E-state index contributed by atoms with van der Waals surface area (Å²) in [4.78, 5) is 0. The van der Waals surface area contributed by atoms with E-state index in [1.54, 1.807) is 0 Å². The summed E-state index contributed by atoms with van der Waals surface area (Å²) in [5.74, 6) is 1.39. The highest BCUT2D eigenvalue weighted by molar-refractivity contribution is 5.65. The highest BCUT2D eigenvalue weighted by atomic mass is 14.2. The molecule has 0 aliphatic heterocycles. The topological polar surface area (TPSA) is 0 Å². The standard InChI is InChI=1S/C27H38/c1-6-9-26(24(5)27-18-14-22(3)15-19-27)11-8-7-10-23(4)20-25-16-12-21(2)13-17-25/h12-19,23,26H,5-11,20H2,1-4H3. The molecule has 0 heteroatoms. The van der Waals surface area contributed by atoms with E-state index in [0.29, 0.717) is 5.92 Å².